The molecule has 1 unspecified atom stereocenters. The summed E-state index contributed by atoms with van der Waals surface area (Å²) < 4.78 is 1.70. The molecule has 3 aromatic rings. The minimum absolute atomic E-state index is 0.178. The second-order valence-electron chi connectivity index (χ2n) is 6.45. The Bertz CT molecular complexity index is 872. The van der Waals surface area contributed by atoms with Crippen molar-refractivity contribution in [3.8, 4) is 5.69 Å². The molecule has 1 N–H and O–H groups in total. The normalized spacial score (nSPS) is 18.3. The maximum absolute atomic E-state index is 12.3. The Morgan fingerprint density at radius 1 is 1.12 bits per heavy atom. The van der Waals surface area contributed by atoms with Crippen molar-refractivity contribution in [2.24, 2.45) is 0 Å². The number of piperidine rings is 1. The summed E-state index contributed by atoms with van der Waals surface area (Å²) in [5.41, 5.74) is 1.76. The van der Waals surface area contributed by atoms with Crippen molar-refractivity contribution in [2.75, 3.05) is 13.1 Å². The molecule has 6 heteroatoms. The van der Waals surface area contributed by atoms with Crippen molar-refractivity contribution in [2.45, 2.75) is 25.3 Å². The number of benzene rings is 1. The molecule has 128 valence electrons. The summed E-state index contributed by atoms with van der Waals surface area (Å²) in [6.07, 6.45) is 3.96. The smallest absolute Gasteiger partial charge is 0.297 e. The van der Waals surface area contributed by atoms with Crippen LogP contribution in [0.5, 0.6) is 0 Å². The second-order valence-corrected chi connectivity index (χ2v) is 6.45. The van der Waals surface area contributed by atoms with E-state index in [9.17, 15) is 4.79 Å². The number of para-hydroxylation sites is 1. The summed E-state index contributed by atoms with van der Waals surface area (Å²) in [5, 5.41) is 6.96. The maximum Gasteiger partial charge on any atom is 0.347 e. The standard InChI is InChI=1S/C19H21N5O/c25-19-22-21-18(24(19)17-9-2-1-3-10-17)15-7-6-12-23(13-15)14-16-8-4-5-11-20-16/h1-5,8-11,15H,6-7,12-14H2,(H,22,25). The van der Waals surface area contributed by atoms with Gasteiger partial charge in [-0.05, 0) is 43.7 Å². The number of H-pyrrole nitrogens is 1. The number of aromatic nitrogens is 4. The van der Waals surface area contributed by atoms with E-state index in [1.165, 1.54) is 0 Å². The molecular weight excluding hydrogens is 314 g/mol. The lowest BCUT2D eigenvalue weighted by molar-refractivity contribution is 0.193. The van der Waals surface area contributed by atoms with Crippen LogP contribution in [0.25, 0.3) is 5.69 Å². The highest BCUT2D eigenvalue weighted by Gasteiger charge is 2.26. The van der Waals surface area contributed by atoms with E-state index in [-0.39, 0.29) is 11.6 Å². The van der Waals surface area contributed by atoms with Crippen molar-refractivity contribution in [1.29, 1.82) is 0 Å². The molecule has 1 aromatic carbocycles. The monoisotopic (exact) mass is 335 g/mol. The fourth-order valence-corrected chi connectivity index (χ4v) is 3.54. The molecule has 0 aliphatic carbocycles. The molecule has 1 aliphatic rings. The van der Waals surface area contributed by atoms with Crippen LogP contribution in [0.2, 0.25) is 0 Å². The number of hydrogen-bond donors (Lipinski definition) is 1. The Labute approximate surface area is 146 Å². The minimum Gasteiger partial charge on any atom is -0.297 e. The lowest BCUT2D eigenvalue weighted by Gasteiger charge is -2.32. The van der Waals surface area contributed by atoms with Crippen molar-refractivity contribution < 1.29 is 0 Å². The molecular formula is C19H21N5O. The zero-order valence-electron chi connectivity index (χ0n) is 14.0. The van der Waals surface area contributed by atoms with Gasteiger partial charge in [0.15, 0.2) is 0 Å². The first-order valence-electron chi connectivity index (χ1n) is 8.66. The highest BCUT2D eigenvalue weighted by atomic mass is 16.1. The first kappa shape index (κ1) is 15.8. The van der Waals surface area contributed by atoms with Gasteiger partial charge in [-0.1, -0.05) is 24.3 Å². The molecule has 3 heterocycles. The zero-order valence-corrected chi connectivity index (χ0v) is 14.0. The Kier molecular flexibility index (Phi) is 4.43. The van der Waals surface area contributed by atoms with Gasteiger partial charge in [0.2, 0.25) is 0 Å². The number of hydrogen-bond acceptors (Lipinski definition) is 4. The molecule has 1 fully saturated rings. The van der Waals surface area contributed by atoms with Gasteiger partial charge in [-0.25, -0.2) is 14.5 Å². The zero-order chi connectivity index (χ0) is 17.1. The predicted molar refractivity (Wildman–Crippen MR) is 95.7 cm³/mol. The van der Waals surface area contributed by atoms with E-state index in [1.807, 2.05) is 48.7 Å². The third-order valence-electron chi connectivity index (χ3n) is 4.70. The van der Waals surface area contributed by atoms with E-state index in [1.54, 1.807) is 4.57 Å². The third-order valence-corrected chi connectivity index (χ3v) is 4.70. The average Bonchev–Trinajstić information content (AvgIpc) is 3.05. The van der Waals surface area contributed by atoms with E-state index < -0.39 is 0 Å². The fourth-order valence-electron chi connectivity index (χ4n) is 3.54. The van der Waals surface area contributed by atoms with E-state index >= 15 is 0 Å². The molecule has 0 spiro atoms. The highest BCUT2D eigenvalue weighted by molar-refractivity contribution is 5.32. The summed E-state index contributed by atoms with van der Waals surface area (Å²) in [4.78, 5) is 19.1. The molecule has 2 aromatic heterocycles. The predicted octanol–water partition coefficient (Wildman–Crippen LogP) is 2.34. The number of rotatable bonds is 4. The molecule has 0 amide bonds. The minimum atomic E-state index is -0.178. The summed E-state index contributed by atoms with van der Waals surface area (Å²) in [6, 6.07) is 15.7. The number of pyridine rings is 1. The number of nitrogens with zero attached hydrogens (tertiary/aromatic N) is 4. The number of likely N-dealkylation sites (tertiary alicyclic amines) is 1. The maximum atomic E-state index is 12.3. The number of aromatic amines is 1. The largest absolute Gasteiger partial charge is 0.347 e. The molecule has 1 atom stereocenters. The Morgan fingerprint density at radius 3 is 2.76 bits per heavy atom. The van der Waals surface area contributed by atoms with Gasteiger partial charge in [0.25, 0.3) is 0 Å². The topological polar surface area (TPSA) is 66.8 Å². The Morgan fingerprint density at radius 2 is 1.96 bits per heavy atom. The second kappa shape index (κ2) is 7.03. The van der Waals surface area contributed by atoms with Gasteiger partial charge < -0.3 is 0 Å². The third kappa shape index (κ3) is 3.39. The van der Waals surface area contributed by atoms with Crippen LogP contribution in [0.3, 0.4) is 0 Å². The average molecular weight is 335 g/mol. The molecule has 0 bridgehead atoms. The van der Waals surface area contributed by atoms with Crippen LogP contribution in [0.4, 0.5) is 0 Å². The van der Waals surface area contributed by atoms with E-state index in [2.05, 4.69) is 26.1 Å². The molecule has 0 radical (unpaired) electrons. The Balaban J connectivity index is 1.57. The lowest BCUT2D eigenvalue weighted by atomic mass is 9.97. The molecule has 1 saturated heterocycles. The van der Waals surface area contributed by atoms with E-state index in [0.717, 1.165) is 49.7 Å². The first-order chi connectivity index (χ1) is 12.3. The van der Waals surface area contributed by atoms with Crippen LogP contribution < -0.4 is 5.69 Å². The molecule has 6 nitrogen and oxygen atoms in total. The van der Waals surface area contributed by atoms with Gasteiger partial charge in [-0.3, -0.25) is 9.88 Å². The quantitative estimate of drug-likeness (QED) is 0.795. The van der Waals surface area contributed by atoms with Crippen LogP contribution in [0.15, 0.2) is 59.5 Å². The lowest BCUT2D eigenvalue weighted by Crippen LogP contribution is -2.35. The summed E-state index contributed by atoms with van der Waals surface area (Å²) in [6.45, 7) is 2.76. The van der Waals surface area contributed by atoms with Crippen molar-refractivity contribution in [3.63, 3.8) is 0 Å². The van der Waals surface area contributed by atoms with Gasteiger partial charge in [-0.15, -0.1) is 0 Å². The summed E-state index contributed by atoms with van der Waals surface area (Å²) in [5.74, 6) is 1.05. The molecule has 1 aliphatic heterocycles. The summed E-state index contributed by atoms with van der Waals surface area (Å²) in [7, 11) is 0. The van der Waals surface area contributed by atoms with E-state index in [4.69, 9.17) is 0 Å². The van der Waals surface area contributed by atoms with Crippen LogP contribution in [-0.2, 0) is 6.54 Å². The number of nitrogens with one attached hydrogen (secondary N) is 1. The van der Waals surface area contributed by atoms with Gasteiger partial charge in [0.1, 0.15) is 5.82 Å². The van der Waals surface area contributed by atoms with Gasteiger partial charge in [0, 0.05) is 25.2 Å². The molecule has 4 rings (SSSR count). The SMILES string of the molecule is O=c1[nH]nc(C2CCCN(Cc3ccccn3)C2)n1-c1ccccc1. The fraction of sp³-hybridized carbons (Fsp3) is 0.316. The van der Waals surface area contributed by atoms with Crippen molar-refractivity contribution in [1.82, 2.24) is 24.6 Å². The first-order valence-corrected chi connectivity index (χ1v) is 8.66. The van der Waals surface area contributed by atoms with E-state index in [0.29, 0.717) is 0 Å². The van der Waals surface area contributed by atoms with Crippen molar-refractivity contribution in [3.05, 3.63) is 76.7 Å². The summed E-state index contributed by atoms with van der Waals surface area (Å²) >= 11 is 0. The van der Waals surface area contributed by atoms with Crippen molar-refractivity contribution >= 4 is 0 Å². The van der Waals surface area contributed by atoms with Crippen LogP contribution in [-0.4, -0.2) is 37.7 Å². The van der Waals surface area contributed by atoms with Crippen LogP contribution >= 0.6 is 0 Å². The molecule has 25 heavy (non-hydrogen) atoms. The van der Waals surface area contributed by atoms with Crippen LogP contribution in [0.1, 0.15) is 30.3 Å². The van der Waals surface area contributed by atoms with Gasteiger partial charge in [0.05, 0.1) is 11.4 Å². The molecule has 0 saturated carbocycles. The van der Waals surface area contributed by atoms with Crippen LogP contribution in [0, 0.1) is 0 Å². The highest BCUT2D eigenvalue weighted by Crippen LogP contribution is 2.26. The Hall–Kier alpha value is -2.73. The van der Waals surface area contributed by atoms with Gasteiger partial charge in [-0.2, -0.15) is 5.10 Å². The van der Waals surface area contributed by atoms with Gasteiger partial charge >= 0.3 is 5.69 Å².